The van der Waals surface area contributed by atoms with Gasteiger partial charge < -0.3 is 4.57 Å². The molecule has 1 aliphatic heterocycles. The number of carbonyl (C=O) groups excluding carboxylic acids is 2. The predicted molar refractivity (Wildman–Crippen MR) is 99.1 cm³/mol. The van der Waals surface area contributed by atoms with E-state index in [1.165, 1.54) is 0 Å². The van der Waals surface area contributed by atoms with E-state index in [1.54, 1.807) is 18.2 Å². The Kier molecular flexibility index (Phi) is 3.51. The zero-order valence-electron chi connectivity index (χ0n) is 13.8. The van der Waals surface area contributed by atoms with Crippen LogP contribution >= 0.6 is 11.6 Å². The number of hydrogen-bond donors (Lipinski definition) is 1. The molecule has 1 aliphatic rings. The number of hydrogen-bond acceptors (Lipinski definition) is 2. The van der Waals surface area contributed by atoms with Crippen molar-refractivity contribution in [2.45, 2.75) is 6.92 Å². The minimum atomic E-state index is -0.377. The molecule has 25 heavy (non-hydrogen) atoms. The fraction of sp³-hybridized carbons (Fsp3) is 0.100. The van der Waals surface area contributed by atoms with Gasteiger partial charge in [-0.3, -0.25) is 14.9 Å². The van der Waals surface area contributed by atoms with Crippen LogP contribution in [0, 0.1) is 6.92 Å². The average Bonchev–Trinajstić information content (AvgIpc) is 3.04. The molecule has 1 aromatic heterocycles. The van der Waals surface area contributed by atoms with E-state index < -0.39 is 0 Å². The van der Waals surface area contributed by atoms with Gasteiger partial charge in [-0.25, -0.2) is 0 Å². The van der Waals surface area contributed by atoms with Gasteiger partial charge in [0, 0.05) is 34.7 Å². The van der Waals surface area contributed by atoms with E-state index in [1.807, 2.05) is 49.0 Å². The highest BCUT2D eigenvalue weighted by molar-refractivity contribution is 6.50. The highest BCUT2D eigenvalue weighted by Crippen LogP contribution is 2.37. The second-order valence-electron chi connectivity index (χ2n) is 6.16. The van der Waals surface area contributed by atoms with E-state index in [0.717, 1.165) is 27.6 Å². The van der Waals surface area contributed by atoms with Crippen LogP contribution in [-0.2, 0) is 16.6 Å². The third-order valence-corrected chi connectivity index (χ3v) is 4.79. The fourth-order valence-electron chi connectivity index (χ4n) is 3.42. The maximum Gasteiger partial charge on any atom is 0.259 e. The zero-order valence-corrected chi connectivity index (χ0v) is 14.5. The van der Waals surface area contributed by atoms with Crippen LogP contribution in [-0.4, -0.2) is 16.4 Å². The molecule has 0 fully saturated rings. The van der Waals surface area contributed by atoms with Crippen LogP contribution in [0.25, 0.3) is 22.0 Å². The quantitative estimate of drug-likeness (QED) is 0.716. The Morgan fingerprint density at radius 2 is 1.64 bits per heavy atom. The van der Waals surface area contributed by atoms with Crippen molar-refractivity contribution in [2.24, 2.45) is 7.05 Å². The van der Waals surface area contributed by atoms with Crippen LogP contribution in [0.5, 0.6) is 0 Å². The highest BCUT2D eigenvalue weighted by atomic mass is 35.5. The van der Waals surface area contributed by atoms with Crippen molar-refractivity contribution in [3.63, 3.8) is 0 Å². The number of fused-ring (bicyclic) bond motifs is 1. The number of carbonyl (C=O) groups is 2. The molecule has 5 heteroatoms. The summed E-state index contributed by atoms with van der Waals surface area (Å²) in [5, 5.41) is 3.97. The fourth-order valence-corrected chi connectivity index (χ4v) is 3.64. The summed E-state index contributed by atoms with van der Waals surface area (Å²) in [6.45, 7) is 1.88. The number of benzene rings is 2. The molecule has 4 rings (SSSR count). The first-order chi connectivity index (χ1) is 12.0. The lowest BCUT2D eigenvalue weighted by Gasteiger charge is -2.08. The number of nitrogens with zero attached hydrogens (tertiary/aromatic N) is 1. The average molecular weight is 351 g/mol. The van der Waals surface area contributed by atoms with Crippen LogP contribution in [0.4, 0.5) is 0 Å². The molecule has 0 saturated carbocycles. The lowest BCUT2D eigenvalue weighted by molar-refractivity contribution is -0.122. The van der Waals surface area contributed by atoms with E-state index in [2.05, 4.69) is 5.32 Å². The number of para-hydroxylation sites is 1. The van der Waals surface area contributed by atoms with Gasteiger partial charge in [-0.15, -0.1) is 0 Å². The lowest BCUT2D eigenvalue weighted by atomic mass is 9.93. The number of aryl methyl sites for hydroxylation is 2. The molecule has 0 spiro atoms. The van der Waals surface area contributed by atoms with Crippen molar-refractivity contribution in [1.82, 2.24) is 9.88 Å². The number of rotatable bonds is 2. The molecule has 0 saturated heterocycles. The van der Waals surface area contributed by atoms with Gasteiger partial charge in [-0.05, 0) is 36.2 Å². The molecular weight excluding hydrogens is 336 g/mol. The molecule has 3 aromatic rings. The third-order valence-electron chi connectivity index (χ3n) is 4.56. The van der Waals surface area contributed by atoms with Gasteiger partial charge in [0.2, 0.25) is 0 Å². The van der Waals surface area contributed by atoms with Crippen LogP contribution in [0.2, 0.25) is 5.02 Å². The molecular formula is C20H15ClN2O2. The molecule has 1 N–H and O–H groups in total. The maximum absolute atomic E-state index is 12.6. The van der Waals surface area contributed by atoms with Crippen molar-refractivity contribution in [1.29, 1.82) is 0 Å². The van der Waals surface area contributed by atoms with Crippen molar-refractivity contribution >= 4 is 45.5 Å². The molecule has 0 radical (unpaired) electrons. The van der Waals surface area contributed by atoms with E-state index in [9.17, 15) is 9.59 Å². The first-order valence-corrected chi connectivity index (χ1v) is 8.26. The van der Waals surface area contributed by atoms with Gasteiger partial charge in [0.1, 0.15) is 0 Å². The Balaban J connectivity index is 2.06. The molecule has 2 amide bonds. The summed E-state index contributed by atoms with van der Waals surface area (Å²) in [6.07, 6.45) is 1.89. The number of amides is 2. The van der Waals surface area contributed by atoms with E-state index in [0.29, 0.717) is 16.2 Å². The van der Waals surface area contributed by atoms with Crippen molar-refractivity contribution in [2.75, 3.05) is 0 Å². The van der Waals surface area contributed by atoms with Gasteiger partial charge in [-0.2, -0.15) is 0 Å². The van der Waals surface area contributed by atoms with E-state index >= 15 is 0 Å². The maximum atomic E-state index is 12.6. The summed E-state index contributed by atoms with van der Waals surface area (Å²) in [7, 11) is 1.92. The Hall–Kier alpha value is -2.85. The first kappa shape index (κ1) is 15.7. The molecule has 0 bridgehead atoms. The summed E-state index contributed by atoms with van der Waals surface area (Å²) in [5.41, 5.74) is 4.14. The highest BCUT2D eigenvalue weighted by Gasteiger charge is 2.34. The smallest absolute Gasteiger partial charge is 0.259 e. The number of aromatic nitrogens is 1. The molecule has 0 unspecified atom stereocenters. The topological polar surface area (TPSA) is 51.1 Å². The predicted octanol–water partition coefficient (Wildman–Crippen LogP) is 3.71. The number of imide groups is 1. The van der Waals surface area contributed by atoms with Gasteiger partial charge in [0.05, 0.1) is 11.1 Å². The summed E-state index contributed by atoms with van der Waals surface area (Å²) in [4.78, 5) is 25.1. The van der Waals surface area contributed by atoms with Gasteiger partial charge in [0.25, 0.3) is 11.8 Å². The minimum absolute atomic E-state index is 0.370. The number of halogens is 1. The first-order valence-electron chi connectivity index (χ1n) is 7.88. The number of nitrogens with one attached hydrogen (secondary N) is 1. The summed E-state index contributed by atoms with van der Waals surface area (Å²) >= 11 is 6.04. The molecule has 0 atom stereocenters. The molecule has 2 aromatic carbocycles. The standard InChI is InChI=1S/C20H15ClN2O2/c1-11-9-12(21)7-8-13(11)17-18(20(25)22-19(17)24)15-10-23(2)16-6-4-3-5-14(15)16/h3-10H,1-2H3,(H,22,24,25). The second-order valence-corrected chi connectivity index (χ2v) is 6.60. The largest absolute Gasteiger partial charge is 0.350 e. The van der Waals surface area contributed by atoms with Crippen LogP contribution in [0.1, 0.15) is 16.7 Å². The van der Waals surface area contributed by atoms with Gasteiger partial charge >= 0.3 is 0 Å². The van der Waals surface area contributed by atoms with Crippen LogP contribution in [0.3, 0.4) is 0 Å². The molecule has 0 aliphatic carbocycles. The summed E-state index contributed by atoms with van der Waals surface area (Å²) in [6, 6.07) is 13.1. The Morgan fingerprint density at radius 1 is 0.960 bits per heavy atom. The monoisotopic (exact) mass is 350 g/mol. The second kappa shape index (κ2) is 5.60. The molecule has 124 valence electrons. The van der Waals surface area contributed by atoms with Crippen molar-refractivity contribution in [3.05, 3.63) is 70.4 Å². The van der Waals surface area contributed by atoms with E-state index in [-0.39, 0.29) is 11.8 Å². The zero-order chi connectivity index (χ0) is 17.7. The Bertz CT molecular complexity index is 1090. The van der Waals surface area contributed by atoms with E-state index in [4.69, 9.17) is 11.6 Å². The Labute approximate surface area is 149 Å². The minimum Gasteiger partial charge on any atom is -0.350 e. The molecule has 2 heterocycles. The normalized spacial score (nSPS) is 14.5. The third kappa shape index (κ3) is 2.37. The SMILES string of the molecule is Cc1cc(Cl)ccc1C1=C(c2cn(C)c3ccccc23)C(=O)NC1=O. The van der Waals surface area contributed by atoms with Crippen molar-refractivity contribution < 1.29 is 9.59 Å². The van der Waals surface area contributed by atoms with Gasteiger partial charge in [0.15, 0.2) is 0 Å². The summed E-state index contributed by atoms with van der Waals surface area (Å²) < 4.78 is 1.96. The van der Waals surface area contributed by atoms with Crippen molar-refractivity contribution in [3.8, 4) is 0 Å². The lowest BCUT2D eigenvalue weighted by Crippen LogP contribution is -2.22. The van der Waals surface area contributed by atoms with Crippen LogP contribution in [0.15, 0.2) is 48.7 Å². The van der Waals surface area contributed by atoms with Crippen LogP contribution < -0.4 is 5.32 Å². The Morgan fingerprint density at radius 3 is 2.36 bits per heavy atom. The molecule has 4 nitrogen and oxygen atoms in total. The summed E-state index contributed by atoms with van der Waals surface area (Å²) in [5.74, 6) is -0.746. The van der Waals surface area contributed by atoms with Gasteiger partial charge in [-0.1, -0.05) is 35.9 Å².